The van der Waals surface area contributed by atoms with Crippen molar-refractivity contribution in [3.8, 4) is 0 Å². The Bertz CT molecular complexity index is 639. The summed E-state index contributed by atoms with van der Waals surface area (Å²) in [5, 5.41) is 9.70. The lowest BCUT2D eigenvalue weighted by Crippen LogP contribution is -2.38. The van der Waals surface area contributed by atoms with Crippen LogP contribution < -0.4 is 9.80 Å². The molecule has 27 heavy (non-hydrogen) atoms. The Hall–Kier alpha value is -1.89. The molecule has 1 aromatic rings. The fourth-order valence-corrected chi connectivity index (χ4v) is 4.46. The van der Waals surface area contributed by atoms with Crippen LogP contribution in [-0.4, -0.2) is 71.3 Å². The number of aliphatic hydroxyl groups excluding tert-OH is 1. The van der Waals surface area contributed by atoms with E-state index in [1.54, 1.807) is 0 Å². The van der Waals surface area contributed by atoms with Crippen molar-refractivity contribution in [1.29, 1.82) is 0 Å². The normalized spacial score (nSPS) is 22.7. The number of likely N-dealkylation sites (tertiary alicyclic amines) is 1. The SMILES string of the molecule is O=C1CCCN1CCC1CCN(c2nccc(N3CCC(O)CC3)n2)CC1. The molecule has 1 amide bonds. The van der Waals surface area contributed by atoms with Crippen molar-refractivity contribution in [3.63, 3.8) is 0 Å². The van der Waals surface area contributed by atoms with E-state index in [0.717, 1.165) is 96.0 Å². The monoisotopic (exact) mass is 373 g/mol. The highest BCUT2D eigenvalue weighted by Gasteiger charge is 2.25. The number of piperidine rings is 2. The lowest BCUT2D eigenvalue weighted by molar-refractivity contribution is -0.127. The summed E-state index contributed by atoms with van der Waals surface area (Å²) < 4.78 is 0. The van der Waals surface area contributed by atoms with Gasteiger partial charge in [0.15, 0.2) is 0 Å². The van der Waals surface area contributed by atoms with Crippen LogP contribution in [0.1, 0.15) is 44.9 Å². The number of carbonyl (C=O) groups excluding carboxylic acids is 1. The molecule has 0 aromatic carbocycles. The van der Waals surface area contributed by atoms with Crippen LogP contribution in [0.25, 0.3) is 0 Å². The van der Waals surface area contributed by atoms with Crippen LogP contribution in [0.4, 0.5) is 11.8 Å². The molecule has 0 radical (unpaired) electrons. The van der Waals surface area contributed by atoms with Crippen molar-refractivity contribution in [2.24, 2.45) is 5.92 Å². The molecule has 0 spiro atoms. The highest BCUT2D eigenvalue weighted by molar-refractivity contribution is 5.78. The summed E-state index contributed by atoms with van der Waals surface area (Å²) in [5.41, 5.74) is 0. The van der Waals surface area contributed by atoms with Gasteiger partial charge in [0.05, 0.1) is 6.10 Å². The van der Waals surface area contributed by atoms with Gasteiger partial charge < -0.3 is 19.8 Å². The van der Waals surface area contributed by atoms with E-state index in [1.807, 2.05) is 17.2 Å². The van der Waals surface area contributed by atoms with Crippen molar-refractivity contribution in [2.45, 2.75) is 51.0 Å². The minimum Gasteiger partial charge on any atom is -0.393 e. The van der Waals surface area contributed by atoms with Crippen molar-refractivity contribution < 1.29 is 9.90 Å². The number of aliphatic hydroxyl groups is 1. The van der Waals surface area contributed by atoms with E-state index >= 15 is 0 Å². The van der Waals surface area contributed by atoms with E-state index in [9.17, 15) is 9.90 Å². The van der Waals surface area contributed by atoms with Gasteiger partial charge in [0.25, 0.3) is 0 Å². The Morgan fingerprint density at radius 1 is 1.04 bits per heavy atom. The average molecular weight is 374 g/mol. The maximum Gasteiger partial charge on any atom is 0.227 e. The largest absolute Gasteiger partial charge is 0.393 e. The first kappa shape index (κ1) is 18.5. The second kappa shape index (κ2) is 8.42. The predicted molar refractivity (Wildman–Crippen MR) is 105 cm³/mol. The average Bonchev–Trinajstić information content (AvgIpc) is 3.12. The van der Waals surface area contributed by atoms with Crippen LogP contribution in [0.5, 0.6) is 0 Å². The number of hydrogen-bond donors (Lipinski definition) is 1. The molecule has 0 unspecified atom stereocenters. The Morgan fingerprint density at radius 3 is 2.48 bits per heavy atom. The van der Waals surface area contributed by atoms with E-state index in [4.69, 9.17) is 4.98 Å². The first-order chi connectivity index (χ1) is 13.2. The molecule has 1 aromatic heterocycles. The first-order valence-corrected chi connectivity index (χ1v) is 10.5. The van der Waals surface area contributed by atoms with Gasteiger partial charge in [-0.1, -0.05) is 0 Å². The minimum atomic E-state index is -0.169. The van der Waals surface area contributed by atoms with Crippen LogP contribution in [0.2, 0.25) is 0 Å². The Morgan fingerprint density at radius 2 is 1.78 bits per heavy atom. The third-order valence-electron chi connectivity index (χ3n) is 6.29. The summed E-state index contributed by atoms with van der Waals surface area (Å²) in [6, 6.07) is 1.97. The third kappa shape index (κ3) is 4.51. The van der Waals surface area contributed by atoms with Gasteiger partial charge in [0.1, 0.15) is 5.82 Å². The topological polar surface area (TPSA) is 72.8 Å². The van der Waals surface area contributed by atoms with Gasteiger partial charge in [-0.3, -0.25) is 4.79 Å². The lowest BCUT2D eigenvalue weighted by atomic mass is 9.93. The zero-order valence-electron chi connectivity index (χ0n) is 16.1. The van der Waals surface area contributed by atoms with E-state index in [1.165, 1.54) is 0 Å². The summed E-state index contributed by atoms with van der Waals surface area (Å²) in [4.78, 5) is 27.6. The van der Waals surface area contributed by atoms with Gasteiger partial charge in [-0.2, -0.15) is 4.98 Å². The molecule has 3 fully saturated rings. The van der Waals surface area contributed by atoms with E-state index < -0.39 is 0 Å². The van der Waals surface area contributed by atoms with Crippen LogP contribution in [0.3, 0.4) is 0 Å². The van der Waals surface area contributed by atoms with Crippen molar-refractivity contribution in [3.05, 3.63) is 12.3 Å². The predicted octanol–water partition coefficient (Wildman–Crippen LogP) is 1.67. The minimum absolute atomic E-state index is 0.169. The Balaban J connectivity index is 1.28. The number of anilines is 2. The summed E-state index contributed by atoms with van der Waals surface area (Å²) in [7, 11) is 0. The first-order valence-electron chi connectivity index (χ1n) is 10.5. The zero-order valence-corrected chi connectivity index (χ0v) is 16.1. The molecule has 4 rings (SSSR count). The van der Waals surface area contributed by atoms with E-state index in [2.05, 4.69) is 14.8 Å². The van der Waals surface area contributed by atoms with E-state index in [0.29, 0.717) is 11.8 Å². The molecular weight excluding hydrogens is 342 g/mol. The molecule has 3 aliphatic rings. The van der Waals surface area contributed by atoms with Gasteiger partial charge in [-0.15, -0.1) is 0 Å². The molecule has 7 heteroatoms. The smallest absolute Gasteiger partial charge is 0.227 e. The molecule has 3 saturated heterocycles. The van der Waals surface area contributed by atoms with Crippen LogP contribution >= 0.6 is 0 Å². The molecule has 3 aliphatic heterocycles. The summed E-state index contributed by atoms with van der Waals surface area (Å²) in [6.45, 7) is 5.56. The fourth-order valence-electron chi connectivity index (χ4n) is 4.46. The molecule has 0 aliphatic carbocycles. The van der Waals surface area contributed by atoms with Crippen molar-refractivity contribution in [1.82, 2.24) is 14.9 Å². The summed E-state index contributed by atoms with van der Waals surface area (Å²) in [5.74, 6) is 2.83. The van der Waals surface area contributed by atoms with Crippen molar-refractivity contribution in [2.75, 3.05) is 49.1 Å². The molecule has 7 nitrogen and oxygen atoms in total. The molecular formula is C20H31N5O2. The lowest BCUT2D eigenvalue weighted by Gasteiger charge is -2.34. The van der Waals surface area contributed by atoms with Gasteiger partial charge in [-0.25, -0.2) is 4.98 Å². The summed E-state index contributed by atoms with van der Waals surface area (Å²) in [6.07, 6.45) is 8.48. The zero-order chi connectivity index (χ0) is 18.6. The number of hydrogen-bond acceptors (Lipinski definition) is 6. The molecule has 1 N–H and O–H groups in total. The van der Waals surface area contributed by atoms with E-state index in [-0.39, 0.29) is 6.10 Å². The molecule has 4 heterocycles. The van der Waals surface area contributed by atoms with Gasteiger partial charge in [0.2, 0.25) is 11.9 Å². The molecule has 0 bridgehead atoms. The third-order valence-corrected chi connectivity index (χ3v) is 6.29. The standard InChI is InChI=1S/C20H31N5O2/c26-17-7-14-23(15-8-17)18-3-9-21-20(22-18)25-12-5-16(6-13-25)4-11-24-10-1-2-19(24)27/h3,9,16-17,26H,1-2,4-8,10-15H2. The molecule has 0 atom stereocenters. The van der Waals surface area contributed by atoms with Gasteiger partial charge >= 0.3 is 0 Å². The Kier molecular flexibility index (Phi) is 5.76. The number of aromatic nitrogens is 2. The summed E-state index contributed by atoms with van der Waals surface area (Å²) >= 11 is 0. The number of amides is 1. The number of nitrogens with zero attached hydrogens (tertiary/aromatic N) is 5. The van der Waals surface area contributed by atoms with Crippen LogP contribution in [0.15, 0.2) is 12.3 Å². The molecule has 148 valence electrons. The number of carbonyl (C=O) groups is 1. The van der Waals surface area contributed by atoms with Crippen molar-refractivity contribution >= 4 is 17.7 Å². The molecule has 0 saturated carbocycles. The maximum absolute atomic E-state index is 11.7. The quantitative estimate of drug-likeness (QED) is 0.846. The maximum atomic E-state index is 11.7. The van der Waals surface area contributed by atoms with Crippen LogP contribution in [0, 0.1) is 5.92 Å². The van der Waals surface area contributed by atoms with Crippen LogP contribution in [-0.2, 0) is 4.79 Å². The second-order valence-electron chi connectivity index (χ2n) is 8.14. The highest BCUT2D eigenvalue weighted by Crippen LogP contribution is 2.26. The Labute approximate surface area is 161 Å². The number of rotatable bonds is 5. The van der Waals surface area contributed by atoms with Gasteiger partial charge in [0, 0.05) is 51.9 Å². The fraction of sp³-hybridized carbons (Fsp3) is 0.750. The van der Waals surface area contributed by atoms with Gasteiger partial charge in [-0.05, 0) is 50.5 Å². The second-order valence-corrected chi connectivity index (χ2v) is 8.14. The highest BCUT2D eigenvalue weighted by atomic mass is 16.3.